The van der Waals surface area contributed by atoms with E-state index in [1.807, 2.05) is 30.3 Å². The topological polar surface area (TPSA) is 77.9 Å². The fourth-order valence-corrected chi connectivity index (χ4v) is 2.64. The first-order valence-electron chi connectivity index (χ1n) is 7.29. The average Bonchev–Trinajstić information content (AvgIpc) is 2.53. The minimum absolute atomic E-state index is 0.161. The lowest BCUT2D eigenvalue weighted by Gasteiger charge is -2.37. The number of carboxylic acids is 1. The molecule has 1 aliphatic rings. The number of nitrogens with zero attached hydrogens (tertiary/aromatic N) is 2. The van der Waals surface area contributed by atoms with Crippen LogP contribution < -0.4 is 4.90 Å². The summed E-state index contributed by atoms with van der Waals surface area (Å²) in [4.78, 5) is 38.7. The maximum atomic E-state index is 12.6. The zero-order valence-electron chi connectivity index (χ0n) is 12.7. The Morgan fingerprint density at radius 3 is 2.55 bits per heavy atom. The summed E-state index contributed by atoms with van der Waals surface area (Å²) in [6, 6.07) is 8.67. The van der Waals surface area contributed by atoms with Crippen molar-refractivity contribution in [2.45, 2.75) is 25.8 Å². The van der Waals surface area contributed by atoms with Gasteiger partial charge >= 0.3 is 5.97 Å². The number of rotatable bonds is 4. The van der Waals surface area contributed by atoms with Crippen molar-refractivity contribution >= 4 is 23.5 Å². The van der Waals surface area contributed by atoms with Crippen molar-refractivity contribution in [2.24, 2.45) is 5.92 Å². The van der Waals surface area contributed by atoms with Gasteiger partial charge < -0.3 is 14.9 Å². The predicted molar refractivity (Wildman–Crippen MR) is 81.4 cm³/mol. The van der Waals surface area contributed by atoms with Gasteiger partial charge in [-0.25, -0.2) is 0 Å². The van der Waals surface area contributed by atoms with Crippen molar-refractivity contribution in [2.75, 3.05) is 18.5 Å². The van der Waals surface area contributed by atoms with Crippen molar-refractivity contribution in [3.63, 3.8) is 0 Å². The molecule has 1 aliphatic heterocycles. The normalized spacial score (nSPS) is 19.6. The molecule has 1 aromatic rings. The molecule has 2 amide bonds. The molecular weight excluding hydrogens is 284 g/mol. The Hall–Kier alpha value is -2.37. The van der Waals surface area contributed by atoms with Gasteiger partial charge in [0, 0.05) is 19.3 Å². The number of aliphatic carboxylic acids is 1. The summed E-state index contributed by atoms with van der Waals surface area (Å²) in [5.41, 5.74) is 0.796. The number of carbonyl (C=O) groups is 3. The van der Waals surface area contributed by atoms with Gasteiger partial charge in [-0.15, -0.1) is 0 Å². The monoisotopic (exact) mass is 304 g/mol. The van der Waals surface area contributed by atoms with E-state index in [0.717, 1.165) is 12.1 Å². The summed E-state index contributed by atoms with van der Waals surface area (Å²) in [6.45, 7) is 1.94. The molecule has 0 spiro atoms. The maximum absolute atomic E-state index is 12.6. The highest BCUT2D eigenvalue weighted by Gasteiger charge is 2.36. The van der Waals surface area contributed by atoms with Crippen LogP contribution in [0.4, 0.5) is 5.69 Å². The Labute approximate surface area is 129 Å². The van der Waals surface area contributed by atoms with Gasteiger partial charge in [0.25, 0.3) is 0 Å². The predicted octanol–water partition coefficient (Wildman–Crippen LogP) is 1.36. The van der Waals surface area contributed by atoms with E-state index in [1.54, 1.807) is 4.90 Å². The van der Waals surface area contributed by atoms with Crippen molar-refractivity contribution in [1.82, 2.24) is 4.90 Å². The van der Waals surface area contributed by atoms with Crippen LogP contribution in [-0.4, -0.2) is 47.4 Å². The van der Waals surface area contributed by atoms with Crippen molar-refractivity contribution in [1.29, 1.82) is 0 Å². The maximum Gasteiger partial charge on any atom is 0.315 e. The minimum Gasteiger partial charge on any atom is -0.481 e. The molecule has 118 valence electrons. The van der Waals surface area contributed by atoms with Crippen LogP contribution in [0.2, 0.25) is 0 Å². The first-order chi connectivity index (χ1) is 10.4. The Balaban J connectivity index is 2.16. The number of para-hydroxylation sites is 1. The molecule has 1 saturated heterocycles. The van der Waals surface area contributed by atoms with E-state index in [-0.39, 0.29) is 5.91 Å². The number of carbonyl (C=O) groups excluding carboxylic acids is 2. The van der Waals surface area contributed by atoms with Gasteiger partial charge in [-0.2, -0.15) is 0 Å². The smallest absolute Gasteiger partial charge is 0.315 e. The van der Waals surface area contributed by atoms with Crippen LogP contribution in [0.1, 0.15) is 19.8 Å². The zero-order chi connectivity index (χ0) is 16.3. The fraction of sp³-hybridized carbons (Fsp3) is 0.438. The average molecular weight is 304 g/mol. The van der Waals surface area contributed by atoms with Crippen LogP contribution >= 0.6 is 0 Å². The Kier molecular flexibility index (Phi) is 4.80. The number of hydrogen-bond acceptors (Lipinski definition) is 3. The number of anilines is 1. The summed E-state index contributed by atoms with van der Waals surface area (Å²) < 4.78 is 0. The summed E-state index contributed by atoms with van der Waals surface area (Å²) in [5, 5.41) is 8.95. The van der Waals surface area contributed by atoms with Crippen LogP contribution in [0, 0.1) is 5.92 Å². The molecule has 6 heteroatoms. The molecule has 1 N–H and O–H groups in total. The molecule has 1 fully saturated rings. The van der Waals surface area contributed by atoms with Crippen LogP contribution in [0.3, 0.4) is 0 Å². The van der Waals surface area contributed by atoms with Crippen LogP contribution in [0.15, 0.2) is 30.3 Å². The number of likely N-dealkylation sites (N-methyl/N-ethyl adjacent to an activating group) is 1. The fourth-order valence-electron chi connectivity index (χ4n) is 2.64. The molecule has 0 bridgehead atoms. The standard InChI is InChI=1S/C16H20N2O4/c1-11(16(21)22)14(19)17(2)13-9-6-10-18(15(13)20)12-7-4-3-5-8-12/h3-5,7-8,11,13H,6,9-10H2,1-2H3,(H,21,22)/t11-,13+/m1/s1. The molecular formula is C16H20N2O4. The summed E-state index contributed by atoms with van der Waals surface area (Å²) >= 11 is 0. The van der Waals surface area contributed by atoms with E-state index >= 15 is 0 Å². The highest BCUT2D eigenvalue weighted by atomic mass is 16.4. The number of hydrogen-bond donors (Lipinski definition) is 1. The molecule has 1 heterocycles. The van der Waals surface area contributed by atoms with E-state index in [2.05, 4.69) is 0 Å². The SMILES string of the molecule is C[C@@H](C(=O)O)C(=O)N(C)[C@H]1CCCN(c2ccccc2)C1=O. The van der Waals surface area contributed by atoms with E-state index in [1.165, 1.54) is 18.9 Å². The third kappa shape index (κ3) is 3.10. The minimum atomic E-state index is -1.18. The van der Waals surface area contributed by atoms with E-state index in [4.69, 9.17) is 5.11 Å². The quantitative estimate of drug-likeness (QED) is 0.852. The van der Waals surface area contributed by atoms with Crippen LogP contribution in [0.25, 0.3) is 0 Å². The van der Waals surface area contributed by atoms with Crippen LogP contribution in [0.5, 0.6) is 0 Å². The lowest BCUT2D eigenvalue weighted by Crippen LogP contribution is -2.54. The van der Waals surface area contributed by atoms with Gasteiger partial charge in [-0.1, -0.05) is 18.2 Å². The van der Waals surface area contributed by atoms with Crippen molar-refractivity contribution in [3.8, 4) is 0 Å². The number of amides is 2. The van der Waals surface area contributed by atoms with Crippen molar-refractivity contribution < 1.29 is 19.5 Å². The first kappa shape index (κ1) is 16.0. The van der Waals surface area contributed by atoms with Gasteiger partial charge in [0.15, 0.2) is 0 Å². The largest absolute Gasteiger partial charge is 0.481 e. The summed E-state index contributed by atoms with van der Waals surface area (Å²) in [7, 11) is 1.50. The molecule has 2 rings (SSSR count). The number of benzene rings is 1. The molecule has 0 aromatic heterocycles. The van der Waals surface area contributed by atoms with Gasteiger partial charge in [0.1, 0.15) is 12.0 Å². The summed E-state index contributed by atoms with van der Waals surface area (Å²) in [5.74, 6) is -3.03. The molecule has 1 aromatic carbocycles. The van der Waals surface area contributed by atoms with E-state index < -0.39 is 23.8 Å². The van der Waals surface area contributed by atoms with Crippen molar-refractivity contribution in [3.05, 3.63) is 30.3 Å². The Morgan fingerprint density at radius 2 is 1.95 bits per heavy atom. The van der Waals surface area contributed by atoms with Gasteiger partial charge in [-0.3, -0.25) is 14.4 Å². The lowest BCUT2D eigenvalue weighted by molar-refractivity contribution is -0.152. The molecule has 0 unspecified atom stereocenters. The Morgan fingerprint density at radius 1 is 1.32 bits per heavy atom. The molecule has 22 heavy (non-hydrogen) atoms. The molecule has 6 nitrogen and oxygen atoms in total. The third-order valence-electron chi connectivity index (χ3n) is 4.03. The molecule has 2 atom stereocenters. The second-order valence-corrected chi connectivity index (χ2v) is 5.49. The van der Waals surface area contributed by atoms with Gasteiger partial charge in [0.05, 0.1) is 0 Å². The highest BCUT2D eigenvalue weighted by molar-refractivity contribution is 6.02. The molecule has 0 radical (unpaired) electrons. The highest BCUT2D eigenvalue weighted by Crippen LogP contribution is 2.23. The first-order valence-corrected chi connectivity index (χ1v) is 7.29. The van der Waals surface area contributed by atoms with E-state index in [0.29, 0.717) is 13.0 Å². The lowest BCUT2D eigenvalue weighted by atomic mass is 10.0. The zero-order valence-corrected chi connectivity index (χ0v) is 12.7. The summed E-state index contributed by atoms with van der Waals surface area (Å²) in [6.07, 6.45) is 1.32. The van der Waals surface area contributed by atoms with Crippen LogP contribution in [-0.2, 0) is 14.4 Å². The second-order valence-electron chi connectivity index (χ2n) is 5.49. The van der Waals surface area contributed by atoms with Gasteiger partial charge in [0.2, 0.25) is 11.8 Å². The van der Waals surface area contributed by atoms with Gasteiger partial charge in [-0.05, 0) is 31.9 Å². The van der Waals surface area contributed by atoms with E-state index in [9.17, 15) is 14.4 Å². The Bertz CT molecular complexity index is 573. The third-order valence-corrected chi connectivity index (χ3v) is 4.03. The number of carboxylic acid groups (broad SMARTS) is 1. The molecule has 0 saturated carbocycles. The number of piperidine rings is 1. The molecule has 0 aliphatic carbocycles. The second kappa shape index (κ2) is 6.60.